The first-order chi connectivity index (χ1) is 12.5. The third-order valence-corrected chi connectivity index (χ3v) is 4.95. The highest BCUT2D eigenvalue weighted by molar-refractivity contribution is 8.15. The van der Waals surface area contributed by atoms with Gasteiger partial charge in [-0.05, 0) is 30.3 Å². The predicted molar refractivity (Wildman–Crippen MR) is 104 cm³/mol. The number of nitrogens with one attached hydrogen (secondary N) is 2. The highest BCUT2D eigenvalue weighted by atomic mass is 35.5. The summed E-state index contributed by atoms with van der Waals surface area (Å²) in [6.07, 6.45) is 0.0357. The van der Waals surface area contributed by atoms with Crippen molar-refractivity contribution < 1.29 is 14.3 Å². The molecule has 2 amide bonds. The van der Waals surface area contributed by atoms with E-state index in [4.69, 9.17) is 16.3 Å². The molecular weight excluding hydrogens is 374 g/mol. The number of thioether (sulfide) groups is 1. The molecule has 0 saturated carbocycles. The van der Waals surface area contributed by atoms with Gasteiger partial charge < -0.3 is 15.4 Å². The van der Waals surface area contributed by atoms with Gasteiger partial charge in [-0.1, -0.05) is 41.6 Å². The quantitative estimate of drug-likeness (QED) is 0.818. The van der Waals surface area contributed by atoms with Crippen LogP contribution in [0.3, 0.4) is 0 Å². The number of para-hydroxylation sites is 1. The zero-order valence-corrected chi connectivity index (χ0v) is 15.4. The fourth-order valence-corrected chi connectivity index (χ4v) is 3.58. The summed E-state index contributed by atoms with van der Waals surface area (Å²) in [5.74, 6) is 0.0181. The molecule has 1 aliphatic heterocycles. The smallest absolute Gasteiger partial charge is 0.240 e. The molecule has 8 heteroatoms. The minimum absolute atomic E-state index is 0.0357. The van der Waals surface area contributed by atoms with Crippen LogP contribution in [0.15, 0.2) is 53.5 Å². The first-order valence-corrected chi connectivity index (χ1v) is 9.05. The summed E-state index contributed by atoms with van der Waals surface area (Å²) in [7, 11) is 1.52. The van der Waals surface area contributed by atoms with Gasteiger partial charge >= 0.3 is 0 Å². The molecule has 0 aliphatic carbocycles. The summed E-state index contributed by atoms with van der Waals surface area (Å²) in [5.41, 5.74) is 1.29. The van der Waals surface area contributed by atoms with Gasteiger partial charge in [-0.15, -0.1) is 0 Å². The van der Waals surface area contributed by atoms with Crippen molar-refractivity contribution in [3.8, 4) is 5.75 Å². The zero-order chi connectivity index (χ0) is 18.5. The Morgan fingerprint density at radius 2 is 2.08 bits per heavy atom. The van der Waals surface area contributed by atoms with Crippen LogP contribution in [0, 0.1) is 0 Å². The largest absolute Gasteiger partial charge is 0.495 e. The Bertz CT molecular complexity index is 858. The van der Waals surface area contributed by atoms with Gasteiger partial charge in [0, 0.05) is 12.1 Å². The molecule has 1 heterocycles. The van der Waals surface area contributed by atoms with Crippen LogP contribution in [0.25, 0.3) is 0 Å². The molecule has 0 spiro atoms. The Morgan fingerprint density at radius 3 is 2.77 bits per heavy atom. The third kappa shape index (κ3) is 4.56. The molecule has 6 nitrogen and oxygen atoms in total. The average molecular weight is 390 g/mol. The topological polar surface area (TPSA) is 79.8 Å². The van der Waals surface area contributed by atoms with Crippen LogP contribution in [0.5, 0.6) is 5.75 Å². The number of carbonyl (C=O) groups is 2. The van der Waals surface area contributed by atoms with E-state index in [9.17, 15) is 9.59 Å². The van der Waals surface area contributed by atoms with Gasteiger partial charge in [0.05, 0.1) is 17.8 Å². The molecule has 2 aromatic rings. The van der Waals surface area contributed by atoms with E-state index in [0.717, 1.165) is 5.69 Å². The minimum Gasteiger partial charge on any atom is -0.495 e. The van der Waals surface area contributed by atoms with E-state index >= 15 is 0 Å². The second-order valence-electron chi connectivity index (χ2n) is 5.45. The lowest BCUT2D eigenvalue weighted by atomic mass is 10.2. The second-order valence-corrected chi connectivity index (χ2v) is 7.05. The van der Waals surface area contributed by atoms with Crippen molar-refractivity contribution in [2.24, 2.45) is 4.99 Å². The van der Waals surface area contributed by atoms with E-state index in [0.29, 0.717) is 21.6 Å². The van der Waals surface area contributed by atoms with Gasteiger partial charge in [0.2, 0.25) is 11.8 Å². The van der Waals surface area contributed by atoms with Crippen LogP contribution in [-0.2, 0) is 9.59 Å². The molecule has 3 rings (SSSR count). The second kappa shape index (κ2) is 8.25. The molecule has 26 heavy (non-hydrogen) atoms. The highest BCUT2D eigenvalue weighted by Crippen LogP contribution is 2.28. The number of aliphatic imine (C=N–C) groups is 1. The maximum Gasteiger partial charge on any atom is 0.240 e. The van der Waals surface area contributed by atoms with Crippen molar-refractivity contribution >= 4 is 51.7 Å². The highest BCUT2D eigenvalue weighted by Gasteiger charge is 2.32. The van der Waals surface area contributed by atoms with E-state index in [-0.39, 0.29) is 18.2 Å². The number of amidine groups is 1. The molecule has 1 atom stereocenters. The normalized spacial score (nSPS) is 17.8. The van der Waals surface area contributed by atoms with Crippen molar-refractivity contribution in [3.05, 3.63) is 53.6 Å². The summed E-state index contributed by atoms with van der Waals surface area (Å²) < 4.78 is 5.07. The standard InChI is InChI=1S/C18H16ClN3O3S/c1-25-14-8-7-12(9-13(14)19)20-16(23)10-15-17(24)22-18(26-15)21-11-5-3-2-4-6-11/h2-9,15H,10H2,1H3,(H,20,23)(H,21,22,24). The van der Waals surface area contributed by atoms with E-state index in [1.807, 2.05) is 30.3 Å². The van der Waals surface area contributed by atoms with Crippen LogP contribution < -0.4 is 15.4 Å². The van der Waals surface area contributed by atoms with Gasteiger partial charge in [0.15, 0.2) is 5.17 Å². The van der Waals surface area contributed by atoms with Gasteiger partial charge in [-0.25, -0.2) is 4.99 Å². The fourth-order valence-electron chi connectivity index (χ4n) is 2.34. The molecule has 134 valence electrons. The molecule has 1 saturated heterocycles. The number of hydrogen-bond donors (Lipinski definition) is 2. The van der Waals surface area contributed by atoms with Crippen molar-refractivity contribution in [1.82, 2.24) is 5.32 Å². The van der Waals surface area contributed by atoms with Crippen molar-refractivity contribution in [2.45, 2.75) is 11.7 Å². The van der Waals surface area contributed by atoms with Crippen molar-refractivity contribution in [3.63, 3.8) is 0 Å². The Hall–Kier alpha value is -2.51. The lowest BCUT2D eigenvalue weighted by molar-refractivity contribution is -0.122. The Balaban J connectivity index is 1.60. The fraction of sp³-hybridized carbons (Fsp3) is 0.167. The molecule has 0 radical (unpaired) electrons. The number of ether oxygens (including phenoxy) is 1. The molecule has 2 aromatic carbocycles. The Morgan fingerprint density at radius 1 is 1.31 bits per heavy atom. The lowest BCUT2D eigenvalue weighted by Gasteiger charge is -2.09. The monoisotopic (exact) mass is 389 g/mol. The number of carbonyl (C=O) groups excluding carboxylic acids is 2. The van der Waals surface area contributed by atoms with E-state index < -0.39 is 5.25 Å². The molecule has 2 N–H and O–H groups in total. The Labute approximate surface area is 160 Å². The SMILES string of the molecule is COc1ccc(NC(=O)CC2SC(=Nc3ccccc3)NC2=O)cc1Cl. The average Bonchev–Trinajstić information content (AvgIpc) is 2.95. The van der Waals surface area contributed by atoms with Gasteiger partial charge in [-0.3, -0.25) is 9.59 Å². The molecule has 0 bridgehead atoms. The van der Waals surface area contributed by atoms with E-state index in [1.165, 1.54) is 18.9 Å². The van der Waals surface area contributed by atoms with Gasteiger partial charge in [-0.2, -0.15) is 0 Å². The van der Waals surface area contributed by atoms with Crippen molar-refractivity contribution in [1.29, 1.82) is 0 Å². The number of halogens is 1. The van der Waals surface area contributed by atoms with Crippen LogP contribution in [0.4, 0.5) is 11.4 Å². The summed E-state index contributed by atoms with van der Waals surface area (Å²) in [6.45, 7) is 0. The van der Waals surface area contributed by atoms with E-state index in [2.05, 4.69) is 15.6 Å². The van der Waals surface area contributed by atoms with Crippen molar-refractivity contribution in [2.75, 3.05) is 12.4 Å². The predicted octanol–water partition coefficient (Wildman–Crippen LogP) is 3.60. The number of hydrogen-bond acceptors (Lipinski definition) is 5. The molecule has 1 fully saturated rings. The maximum atomic E-state index is 12.2. The van der Waals surface area contributed by atoms with Gasteiger partial charge in [0.25, 0.3) is 0 Å². The first-order valence-electron chi connectivity index (χ1n) is 7.80. The molecular formula is C18H16ClN3O3S. The zero-order valence-electron chi connectivity index (χ0n) is 13.9. The van der Waals surface area contributed by atoms with Crippen LogP contribution >= 0.6 is 23.4 Å². The lowest BCUT2D eigenvalue weighted by Crippen LogP contribution is -2.28. The molecule has 0 aromatic heterocycles. The number of benzene rings is 2. The number of anilines is 1. The number of amides is 2. The summed E-state index contributed by atoms with van der Waals surface area (Å²) in [6, 6.07) is 14.3. The summed E-state index contributed by atoms with van der Waals surface area (Å²) in [4.78, 5) is 28.7. The van der Waals surface area contributed by atoms with Crippen LogP contribution in [-0.4, -0.2) is 29.3 Å². The third-order valence-electron chi connectivity index (χ3n) is 3.57. The minimum atomic E-state index is -0.522. The van der Waals surface area contributed by atoms with Crippen LogP contribution in [0.2, 0.25) is 5.02 Å². The molecule has 1 aliphatic rings. The number of rotatable bonds is 5. The van der Waals surface area contributed by atoms with E-state index in [1.54, 1.807) is 18.2 Å². The maximum absolute atomic E-state index is 12.2. The summed E-state index contributed by atoms with van der Waals surface area (Å²) >= 11 is 7.29. The Kier molecular flexibility index (Phi) is 5.80. The summed E-state index contributed by atoms with van der Waals surface area (Å²) in [5, 5.41) is 5.80. The number of nitrogens with zero attached hydrogens (tertiary/aromatic N) is 1. The first kappa shape index (κ1) is 18.3. The van der Waals surface area contributed by atoms with Crippen LogP contribution in [0.1, 0.15) is 6.42 Å². The number of methoxy groups -OCH3 is 1. The molecule has 1 unspecified atom stereocenters. The van der Waals surface area contributed by atoms with Gasteiger partial charge in [0.1, 0.15) is 11.0 Å².